The van der Waals surface area contributed by atoms with Crippen molar-refractivity contribution in [1.82, 2.24) is 5.32 Å². The lowest BCUT2D eigenvalue weighted by molar-refractivity contribution is -0.385. The molecule has 1 saturated heterocycles. The van der Waals surface area contributed by atoms with E-state index in [-0.39, 0.29) is 17.6 Å². The zero-order valence-electron chi connectivity index (χ0n) is 9.18. The van der Waals surface area contributed by atoms with Crippen LogP contribution in [0.1, 0.15) is 0 Å². The first-order valence-electron chi connectivity index (χ1n) is 5.14. The molecule has 1 aliphatic rings. The number of benzene rings is 1. The lowest BCUT2D eigenvalue weighted by Crippen LogP contribution is -2.37. The van der Waals surface area contributed by atoms with Gasteiger partial charge in [0, 0.05) is 23.4 Å². The Hall–Kier alpha value is -1.12. The van der Waals surface area contributed by atoms with E-state index in [9.17, 15) is 14.9 Å². The van der Waals surface area contributed by atoms with E-state index in [1.165, 1.54) is 6.07 Å². The summed E-state index contributed by atoms with van der Waals surface area (Å²) in [5.74, 6) is 1.29. The number of rotatable bonds is 3. The Kier molecular flexibility index (Phi) is 4.20. The highest BCUT2D eigenvalue weighted by Crippen LogP contribution is 2.28. The van der Waals surface area contributed by atoms with Crippen molar-refractivity contribution < 1.29 is 9.72 Å². The van der Waals surface area contributed by atoms with Gasteiger partial charge in [0.25, 0.3) is 5.69 Å². The number of halogens is 1. The summed E-state index contributed by atoms with van der Waals surface area (Å²) in [5, 5.41) is 16.5. The first-order valence-corrected chi connectivity index (χ1v) is 7.08. The molecule has 0 bridgehead atoms. The van der Waals surface area contributed by atoms with Gasteiger partial charge < -0.3 is 5.32 Å². The number of nitrogens with one attached hydrogen (secondary N) is 2. The van der Waals surface area contributed by atoms with E-state index >= 15 is 0 Å². The number of nitro groups is 1. The summed E-state index contributed by atoms with van der Waals surface area (Å²) >= 11 is 4.74. The molecule has 0 aromatic heterocycles. The van der Waals surface area contributed by atoms with Crippen molar-refractivity contribution in [1.29, 1.82) is 0 Å². The molecule has 2 rings (SSSR count). The van der Waals surface area contributed by atoms with E-state index < -0.39 is 4.92 Å². The average Bonchev–Trinajstić information content (AvgIpc) is 2.85. The van der Waals surface area contributed by atoms with Crippen molar-refractivity contribution in [2.75, 3.05) is 16.9 Å². The van der Waals surface area contributed by atoms with E-state index in [0.717, 1.165) is 5.88 Å². The Labute approximate surface area is 116 Å². The SMILES string of the molecule is O=C(Nc1ccc(Br)c([N+](=O)[O-])c1)C1CSCN1. The molecule has 1 aromatic rings. The first kappa shape index (κ1) is 13.3. The Bertz CT molecular complexity index is 491. The lowest BCUT2D eigenvalue weighted by atomic mass is 10.2. The number of nitrogens with zero attached hydrogens (tertiary/aromatic N) is 1. The maximum atomic E-state index is 11.8. The number of carbonyl (C=O) groups is 1. The van der Waals surface area contributed by atoms with Crippen molar-refractivity contribution in [3.63, 3.8) is 0 Å². The van der Waals surface area contributed by atoms with Crippen LogP contribution in [0.25, 0.3) is 0 Å². The molecule has 96 valence electrons. The molecule has 2 N–H and O–H groups in total. The summed E-state index contributed by atoms with van der Waals surface area (Å²) in [7, 11) is 0. The molecule has 18 heavy (non-hydrogen) atoms. The average molecular weight is 332 g/mol. The molecule has 1 amide bonds. The molecular formula is C10H10BrN3O3S. The van der Waals surface area contributed by atoms with Crippen molar-refractivity contribution in [3.05, 3.63) is 32.8 Å². The van der Waals surface area contributed by atoms with E-state index in [1.807, 2.05) is 0 Å². The van der Waals surface area contributed by atoms with Crippen LogP contribution < -0.4 is 10.6 Å². The summed E-state index contributed by atoms with van der Waals surface area (Å²) in [6, 6.07) is 4.27. The van der Waals surface area contributed by atoms with Gasteiger partial charge >= 0.3 is 0 Å². The second-order valence-electron chi connectivity index (χ2n) is 3.68. The molecule has 0 aliphatic carbocycles. The molecule has 8 heteroatoms. The van der Waals surface area contributed by atoms with Crippen molar-refractivity contribution >= 4 is 45.0 Å². The number of anilines is 1. The fourth-order valence-corrected chi connectivity index (χ4v) is 2.86. The zero-order valence-corrected chi connectivity index (χ0v) is 11.6. The predicted octanol–water partition coefficient (Wildman–Crippen LogP) is 1.96. The van der Waals surface area contributed by atoms with E-state index in [2.05, 4.69) is 26.6 Å². The standard InChI is InChI=1S/C10H10BrN3O3S/c11-7-2-1-6(3-9(7)14(16)17)13-10(15)8-4-18-5-12-8/h1-3,8,12H,4-5H2,(H,13,15). The maximum Gasteiger partial charge on any atom is 0.285 e. The van der Waals surface area contributed by atoms with Crippen LogP contribution >= 0.6 is 27.7 Å². The van der Waals surface area contributed by atoms with Gasteiger partial charge in [0.2, 0.25) is 5.91 Å². The second-order valence-corrected chi connectivity index (χ2v) is 5.57. The minimum atomic E-state index is -0.497. The molecule has 0 radical (unpaired) electrons. The Balaban J connectivity index is 2.11. The van der Waals surface area contributed by atoms with Crippen molar-refractivity contribution in [3.8, 4) is 0 Å². The largest absolute Gasteiger partial charge is 0.324 e. The number of hydrogen-bond acceptors (Lipinski definition) is 5. The van der Waals surface area contributed by atoms with Crippen LogP contribution in [-0.2, 0) is 4.79 Å². The van der Waals surface area contributed by atoms with E-state index in [1.54, 1.807) is 23.9 Å². The smallest absolute Gasteiger partial charge is 0.285 e. The molecule has 1 fully saturated rings. The van der Waals surface area contributed by atoms with Crippen molar-refractivity contribution in [2.45, 2.75) is 6.04 Å². The van der Waals surface area contributed by atoms with Gasteiger partial charge in [0.05, 0.1) is 15.4 Å². The van der Waals surface area contributed by atoms with Gasteiger partial charge in [-0.15, -0.1) is 11.8 Å². The quantitative estimate of drug-likeness (QED) is 0.653. The number of hydrogen-bond donors (Lipinski definition) is 2. The molecule has 1 aliphatic heterocycles. The Morgan fingerprint density at radius 2 is 2.39 bits per heavy atom. The normalized spacial score (nSPS) is 18.6. The third-order valence-electron chi connectivity index (χ3n) is 2.44. The maximum absolute atomic E-state index is 11.8. The summed E-state index contributed by atoms with van der Waals surface area (Å²) in [5.41, 5.74) is 0.357. The fourth-order valence-electron chi connectivity index (χ4n) is 1.52. The summed E-state index contributed by atoms with van der Waals surface area (Å²) in [6.07, 6.45) is 0. The fraction of sp³-hybridized carbons (Fsp3) is 0.300. The summed E-state index contributed by atoms with van der Waals surface area (Å²) in [6.45, 7) is 0. The third-order valence-corrected chi connectivity index (χ3v) is 4.05. The predicted molar refractivity (Wildman–Crippen MR) is 73.7 cm³/mol. The zero-order chi connectivity index (χ0) is 13.1. The van der Waals surface area contributed by atoms with Gasteiger partial charge in [0.15, 0.2) is 0 Å². The number of carbonyl (C=O) groups excluding carboxylic acids is 1. The molecule has 6 nitrogen and oxygen atoms in total. The minimum Gasteiger partial charge on any atom is -0.324 e. The molecule has 0 saturated carbocycles. The second kappa shape index (κ2) is 5.68. The van der Waals surface area contributed by atoms with Crippen LogP contribution in [0.3, 0.4) is 0 Å². The molecule has 1 aromatic carbocycles. The highest BCUT2D eigenvalue weighted by atomic mass is 79.9. The molecular weight excluding hydrogens is 322 g/mol. The van der Waals surface area contributed by atoms with Crippen molar-refractivity contribution in [2.24, 2.45) is 0 Å². The molecule has 0 spiro atoms. The number of thioether (sulfide) groups is 1. The monoisotopic (exact) mass is 331 g/mol. The third kappa shape index (κ3) is 3.01. The Morgan fingerprint density at radius 3 is 3.00 bits per heavy atom. The van der Waals surface area contributed by atoms with Crippen LogP contribution in [0.15, 0.2) is 22.7 Å². The van der Waals surface area contributed by atoms with Crippen LogP contribution in [0.5, 0.6) is 0 Å². The van der Waals surface area contributed by atoms with Crippen LogP contribution in [0.4, 0.5) is 11.4 Å². The van der Waals surface area contributed by atoms with Gasteiger partial charge in [-0.3, -0.25) is 20.2 Å². The number of amides is 1. The summed E-state index contributed by atoms with van der Waals surface area (Å²) < 4.78 is 0.389. The first-order chi connectivity index (χ1) is 8.58. The highest BCUT2D eigenvalue weighted by molar-refractivity contribution is 9.10. The summed E-state index contributed by atoms with van der Waals surface area (Å²) in [4.78, 5) is 22.1. The van der Waals surface area contributed by atoms with Crippen LogP contribution in [0, 0.1) is 10.1 Å². The Morgan fingerprint density at radius 1 is 1.61 bits per heavy atom. The van der Waals surface area contributed by atoms with Gasteiger partial charge in [-0.05, 0) is 28.1 Å². The van der Waals surface area contributed by atoms with Gasteiger partial charge in [-0.2, -0.15) is 0 Å². The van der Waals surface area contributed by atoms with Crippen LogP contribution in [-0.4, -0.2) is 28.5 Å². The van der Waals surface area contributed by atoms with Gasteiger partial charge in [-0.25, -0.2) is 0 Å². The van der Waals surface area contributed by atoms with E-state index in [4.69, 9.17) is 0 Å². The molecule has 1 heterocycles. The number of nitro benzene ring substituents is 1. The van der Waals surface area contributed by atoms with Gasteiger partial charge in [-0.1, -0.05) is 0 Å². The topological polar surface area (TPSA) is 84.3 Å². The van der Waals surface area contributed by atoms with E-state index in [0.29, 0.717) is 15.9 Å². The molecule has 1 atom stereocenters. The van der Waals surface area contributed by atoms with Crippen LogP contribution in [0.2, 0.25) is 0 Å². The van der Waals surface area contributed by atoms with Gasteiger partial charge in [0.1, 0.15) is 0 Å². The highest BCUT2D eigenvalue weighted by Gasteiger charge is 2.23. The minimum absolute atomic E-state index is 0.0680. The lowest BCUT2D eigenvalue weighted by Gasteiger charge is -2.10. The molecule has 1 unspecified atom stereocenters.